The molecule has 1 aliphatic rings. The van der Waals surface area contributed by atoms with Crippen molar-refractivity contribution in [1.82, 2.24) is 0 Å². The first kappa shape index (κ1) is 13.4. The molecule has 1 saturated carbocycles. The summed E-state index contributed by atoms with van der Waals surface area (Å²) >= 11 is 7.02. The second-order valence-corrected chi connectivity index (χ2v) is 8.01. The first-order valence-electron chi connectivity index (χ1n) is 5.79. The number of thioether (sulfide) groups is 1. The van der Waals surface area contributed by atoms with E-state index in [1.54, 1.807) is 11.3 Å². The average molecular weight is 335 g/mol. The van der Waals surface area contributed by atoms with Gasteiger partial charge in [-0.25, -0.2) is 0 Å². The van der Waals surface area contributed by atoms with Crippen molar-refractivity contribution in [3.63, 3.8) is 0 Å². The van der Waals surface area contributed by atoms with Crippen LogP contribution in [0.4, 0.5) is 0 Å². The predicted molar refractivity (Wildman–Crippen MR) is 75.6 cm³/mol. The Bertz CT molecular complexity index is 392. The summed E-state index contributed by atoms with van der Waals surface area (Å²) in [5.74, 6) is 0.0685. The summed E-state index contributed by atoms with van der Waals surface area (Å²) < 4.78 is 7.56. The molecule has 0 amide bonds. The maximum absolute atomic E-state index is 11.8. The van der Waals surface area contributed by atoms with Gasteiger partial charge in [0.15, 0.2) is 0 Å². The Kier molecular flexibility index (Phi) is 4.94. The van der Waals surface area contributed by atoms with Gasteiger partial charge in [-0.2, -0.15) is 0 Å². The van der Waals surface area contributed by atoms with Gasteiger partial charge in [-0.3, -0.25) is 4.79 Å². The third kappa shape index (κ3) is 3.48. The largest absolute Gasteiger partial charge is 0.466 e. The van der Waals surface area contributed by atoms with Crippen LogP contribution in [0.1, 0.15) is 26.2 Å². The number of carbonyl (C=O) groups excluding carboxylic acids is 1. The van der Waals surface area contributed by atoms with E-state index in [0.29, 0.717) is 11.9 Å². The summed E-state index contributed by atoms with van der Waals surface area (Å²) in [6.07, 6.45) is 3.22. The first-order valence-corrected chi connectivity index (χ1v) is 8.28. The Hall–Kier alpha value is -0.0000000000000000833. The molecular formula is C12H15BrO2S2. The van der Waals surface area contributed by atoms with Crippen molar-refractivity contribution in [1.29, 1.82) is 0 Å². The third-order valence-electron chi connectivity index (χ3n) is 2.86. The Morgan fingerprint density at radius 2 is 2.41 bits per heavy atom. The van der Waals surface area contributed by atoms with Gasteiger partial charge in [0.1, 0.15) is 0 Å². The summed E-state index contributed by atoms with van der Waals surface area (Å²) in [6.45, 7) is 2.35. The van der Waals surface area contributed by atoms with E-state index in [4.69, 9.17) is 4.74 Å². The molecule has 1 heterocycles. The Balaban J connectivity index is 1.97. The number of halogens is 1. The lowest BCUT2D eigenvalue weighted by atomic mass is 10.1. The molecule has 2 unspecified atom stereocenters. The zero-order chi connectivity index (χ0) is 12.3. The molecule has 5 heteroatoms. The van der Waals surface area contributed by atoms with Crippen molar-refractivity contribution in [3.8, 4) is 0 Å². The van der Waals surface area contributed by atoms with Gasteiger partial charge in [0.2, 0.25) is 0 Å². The molecule has 1 aromatic rings. The minimum absolute atomic E-state index is 0.0156. The molecule has 94 valence electrons. The lowest BCUT2D eigenvalue weighted by Gasteiger charge is -2.16. The molecular weight excluding hydrogens is 320 g/mol. The fraction of sp³-hybridized carbons (Fsp3) is 0.583. The lowest BCUT2D eigenvalue weighted by molar-refractivity contribution is -0.147. The summed E-state index contributed by atoms with van der Waals surface area (Å²) in [5.41, 5.74) is 0. The maximum Gasteiger partial charge on any atom is 0.310 e. The summed E-state index contributed by atoms with van der Waals surface area (Å²) in [4.78, 5) is 11.8. The number of ether oxygens (including phenoxy) is 1. The van der Waals surface area contributed by atoms with Crippen LogP contribution in [0.3, 0.4) is 0 Å². The number of hydrogen-bond donors (Lipinski definition) is 0. The van der Waals surface area contributed by atoms with Crippen LogP contribution in [0.15, 0.2) is 20.1 Å². The molecule has 1 aromatic heterocycles. The summed E-state index contributed by atoms with van der Waals surface area (Å²) in [6, 6.07) is 4.17. The SMILES string of the molecule is CCOC(=O)C1CCCC1Sc1ccc(Br)s1. The van der Waals surface area contributed by atoms with Gasteiger partial charge >= 0.3 is 5.97 Å². The first-order chi connectivity index (χ1) is 8.20. The second-order valence-electron chi connectivity index (χ2n) is 4.00. The molecule has 0 radical (unpaired) electrons. The fourth-order valence-electron chi connectivity index (χ4n) is 2.10. The molecule has 2 rings (SSSR count). The lowest BCUT2D eigenvalue weighted by Crippen LogP contribution is -2.23. The van der Waals surface area contributed by atoms with E-state index in [-0.39, 0.29) is 11.9 Å². The van der Waals surface area contributed by atoms with Gasteiger partial charge in [-0.05, 0) is 47.8 Å². The highest BCUT2D eigenvalue weighted by molar-refractivity contribution is 9.11. The van der Waals surface area contributed by atoms with Crippen LogP contribution >= 0.6 is 39.0 Å². The standard InChI is InChI=1S/C12H15BrO2S2/c1-2-15-12(14)8-4-3-5-9(8)16-11-7-6-10(13)17-11/h6-9H,2-5H2,1H3. The van der Waals surface area contributed by atoms with Crippen molar-refractivity contribution in [2.45, 2.75) is 35.6 Å². The Morgan fingerprint density at radius 3 is 3.06 bits per heavy atom. The van der Waals surface area contributed by atoms with E-state index < -0.39 is 0 Å². The van der Waals surface area contributed by atoms with Gasteiger partial charge in [0, 0.05) is 5.25 Å². The van der Waals surface area contributed by atoms with Gasteiger partial charge in [0.25, 0.3) is 0 Å². The van der Waals surface area contributed by atoms with Crippen molar-refractivity contribution >= 4 is 45.0 Å². The van der Waals surface area contributed by atoms with Crippen molar-refractivity contribution in [2.75, 3.05) is 6.61 Å². The zero-order valence-corrected chi connectivity index (χ0v) is 12.9. The smallest absolute Gasteiger partial charge is 0.310 e. The monoisotopic (exact) mass is 334 g/mol. The molecule has 2 atom stereocenters. The van der Waals surface area contributed by atoms with E-state index in [1.807, 2.05) is 18.7 Å². The van der Waals surface area contributed by atoms with E-state index in [0.717, 1.165) is 23.0 Å². The highest BCUT2D eigenvalue weighted by Gasteiger charge is 2.34. The minimum Gasteiger partial charge on any atom is -0.466 e. The number of carbonyl (C=O) groups is 1. The fourth-order valence-corrected chi connectivity index (χ4v) is 5.51. The van der Waals surface area contributed by atoms with Crippen LogP contribution in [0.25, 0.3) is 0 Å². The topological polar surface area (TPSA) is 26.3 Å². The van der Waals surface area contributed by atoms with Crippen molar-refractivity contribution < 1.29 is 9.53 Å². The van der Waals surface area contributed by atoms with Crippen LogP contribution < -0.4 is 0 Å². The van der Waals surface area contributed by atoms with Gasteiger partial charge in [0.05, 0.1) is 20.5 Å². The molecule has 0 aliphatic heterocycles. The van der Waals surface area contributed by atoms with Crippen LogP contribution in [0.5, 0.6) is 0 Å². The normalized spacial score (nSPS) is 23.9. The third-order valence-corrected chi connectivity index (χ3v) is 6.05. The Morgan fingerprint density at radius 1 is 1.59 bits per heavy atom. The molecule has 2 nitrogen and oxygen atoms in total. The van der Waals surface area contributed by atoms with E-state index >= 15 is 0 Å². The number of esters is 1. The van der Waals surface area contributed by atoms with Crippen molar-refractivity contribution in [3.05, 3.63) is 15.9 Å². The van der Waals surface area contributed by atoms with Crippen LogP contribution in [-0.2, 0) is 9.53 Å². The Labute approximate surface area is 118 Å². The molecule has 0 aromatic carbocycles. The van der Waals surface area contributed by atoms with Crippen LogP contribution in [0.2, 0.25) is 0 Å². The highest BCUT2D eigenvalue weighted by Crippen LogP contribution is 2.42. The van der Waals surface area contributed by atoms with E-state index in [2.05, 4.69) is 28.1 Å². The molecule has 1 fully saturated rings. The summed E-state index contributed by atoms with van der Waals surface area (Å²) in [7, 11) is 0. The van der Waals surface area contributed by atoms with Crippen LogP contribution in [0, 0.1) is 5.92 Å². The molecule has 0 N–H and O–H groups in total. The average Bonchev–Trinajstić information content (AvgIpc) is 2.89. The van der Waals surface area contributed by atoms with Crippen LogP contribution in [-0.4, -0.2) is 17.8 Å². The predicted octanol–water partition coefficient (Wildman–Crippen LogP) is 4.33. The number of thiophene rings is 1. The van der Waals surface area contributed by atoms with E-state index in [9.17, 15) is 4.79 Å². The molecule has 1 aliphatic carbocycles. The number of rotatable bonds is 4. The highest BCUT2D eigenvalue weighted by atomic mass is 79.9. The second kappa shape index (κ2) is 6.25. The van der Waals surface area contributed by atoms with Gasteiger partial charge in [-0.15, -0.1) is 23.1 Å². The zero-order valence-electron chi connectivity index (χ0n) is 9.65. The molecule has 0 spiro atoms. The molecule has 17 heavy (non-hydrogen) atoms. The maximum atomic E-state index is 11.8. The van der Waals surface area contributed by atoms with Crippen molar-refractivity contribution in [2.24, 2.45) is 5.92 Å². The van der Waals surface area contributed by atoms with Gasteiger partial charge in [-0.1, -0.05) is 6.42 Å². The summed E-state index contributed by atoms with van der Waals surface area (Å²) in [5, 5.41) is 0.389. The van der Waals surface area contributed by atoms with E-state index in [1.165, 1.54) is 4.21 Å². The number of hydrogen-bond acceptors (Lipinski definition) is 4. The minimum atomic E-state index is -0.0156. The molecule has 0 bridgehead atoms. The quantitative estimate of drug-likeness (QED) is 0.766. The molecule has 0 saturated heterocycles. The van der Waals surface area contributed by atoms with Gasteiger partial charge < -0.3 is 4.74 Å².